The first-order valence-corrected chi connectivity index (χ1v) is 9.14. The molecule has 0 radical (unpaired) electrons. The van der Waals surface area contributed by atoms with Crippen LogP contribution in [0.5, 0.6) is 0 Å². The topological polar surface area (TPSA) is 62.6 Å². The molecule has 138 valence electrons. The van der Waals surface area contributed by atoms with Crippen LogP contribution in [0, 0.1) is 13.8 Å². The standard InChI is InChI=1S/C20H31N3O2/c1-14-10-16(20(3,4)5)11-15(2)17(14)6-7-21-18(24)12-23-9-8-22-19(25)13-23/h10-11H,6-9,12-13H2,1-5H3,(H,21,24)(H,22,25)/p+1. The van der Waals surface area contributed by atoms with Crippen molar-refractivity contribution in [2.24, 2.45) is 0 Å². The van der Waals surface area contributed by atoms with Crippen molar-refractivity contribution in [1.29, 1.82) is 0 Å². The smallest absolute Gasteiger partial charge is 0.275 e. The second kappa shape index (κ2) is 8.00. The minimum absolute atomic E-state index is 0.0197. The third kappa shape index (κ3) is 5.56. The summed E-state index contributed by atoms with van der Waals surface area (Å²) in [4.78, 5) is 24.5. The van der Waals surface area contributed by atoms with Crippen molar-refractivity contribution in [2.45, 2.75) is 46.5 Å². The highest BCUT2D eigenvalue weighted by molar-refractivity contribution is 5.79. The van der Waals surface area contributed by atoms with Gasteiger partial charge in [0.05, 0.1) is 13.1 Å². The maximum Gasteiger partial charge on any atom is 0.275 e. The highest BCUT2D eigenvalue weighted by atomic mass is 16.2. The summed E-state index contributed by atoms with van der Waals surface area (Å²) in [6.45, 7) is 13.8. The van der Waals surface area contributed by atoms with E-state index in [0.717, 1.165) is 17.9 Å². The maximum absolute atomic E-state index is 12.1. The molecule has 1 aromatic rings. The minimum atomic E-state index is 0.0197. The fourth-order valence-electron chi connectivity index (χ4n) is 3.34. The first-order valence-electron chi connectivity index (χ1n) is 9.14. The molecule has 5 nitrogen and oxygen atoms in total. The van der Waals surface area contributed by atoms with Gasteiger partial charge in [0.15, 0.2) is 13.1 Å². The van der Waals surface area contributed by atoms with Gasteiger partial charge >= 0.3 is 0 Å². The summed E-state index contributed by atoms with van der Waals surface area (Å²) in [5.41, 5.74) is 5.39. The summed E-state index contributed by atoms with van der Waals surface area (Å²) in [6.07, 6.45) is 0.837. The normalized spacial score (nSPS) is 18.0. The van der Waals surface area contributed by atoms with Crippen LogP contribution in [0.25, 0.3) is 0 Å². The van der Waals surface area contributed by atoms with Crippen molar-refractivity contribution in [2.75, 3.05) is 32.7 Å². The van der Waals surface area contributed by atoms with Crippen LogP contribution in [-0.4, -0.2) is 44.5 Å². The van der Waals surface area contributed by atoms with Crippen LogP contribution < -0.4 is 15.5 Å². The molecule has 0 spiro atoms. The number of hydrogen-bond donors (Lipinski definition) is 3. The largest absolute Gasteiger partial charge is 0.351 e. The van der Waals surface area contributed by atoms with Crippen LogP contribution in [0.15, 0.2) is 12.1 Å². The highest BCUT2D eigenvalue weighted by Crippen LogP contribution is 2.26. The lowest BCUT2D eigenvalue weighted by atomic mass is 9.83. The predicted molar refractivity (Wildman–Crippen MR) is 99.9 cm³/mol. The number of aryl methyl sites for hydroxylation is 2. The molecule has 1 fully saturated rings. The van der Waals surface area contributed by atoms with Gasteiger partial charge in [0.25, 0.3) is 11.8 Å². The fourth-order valence-corrected chi connectivity index (χ4v) is 3.34. The van der Waals surface area contributed by atoms with E-state index in [-0.39, 0.29) is 17.2 Å². The molecule has 2 amide bonds. The SMILES string of the molecule is Cc1cc(C(C)(C)C)cc(C)c1CCNC(=O)C[NH+]1CCNC(=O)C1. The van der Waals surface area contributed by atoms with E-state index in [2.05, 4.69) is 57.4 Å². The van der Waals surface area contributed by atoms with Crippen LogP contribution in [0.2, 0.25) is 0 Å². The van der Waals surface area contributed by atoms with Crippen LogP contribution in [0.3, 0.4) is 0 Å². The fraction of sp³-hybridized carbons (Fsp3) is 0.600. The maximum atomic E-state index is 12.1. The Labute approximate surface area is 151 Å². The minimum Gasteiger partial charge on any atom is -0.351 e. The molecule has 2 rings (SSSR count). The first-order chi connectivity index (χ1) is 11.7. The zero-order valence-corrected chi connectivity index (χ0v) is 16.2. The molecule has 1 aliphatic heterocycles. The number of carbonyl (C=O) groups excluding carboxylic acids is 2. The molecule has 1 heterocycles. The lowest BCUT2D eigenvalue weighted by molar-refractivity contribution is -0.885. The summed E-state index contributed by atoms with van der Waals surface area (Å²) in [7, 11) is 0. The van der Waals surface area contributed by atoms with E-state index >= 15 is 0 Å². The average Bonchev–Trinajstić information content (AvgIpc) is 2.48. The second-order valence-electron chi connectivity index (χ2n) is 8.14. The molecule has 0 aliphatic carbocycles. The molecule has 1 atom stereocenters. The molecular weight excluding hydrogens is 314 g/mol. The van der Waals surface area contributed by atoms with Crippen molar-refractivity contribution in [3.63, 3.8) is 0 Å². The van der Waals surface area contributed by atoms with Crippen molar-refractivity contribution in [3.8, 4) is 0 Å². The summed E-state index contributed by atoms with van der Waals surface area (Å²) in [5.74, 6) is 0.0468. The Morgan fingerprint density at radius 3 is 2.44 bits per heavy atom. The summed E-state index contributed by atoms with van der Waals surface area (Å²) < 4.78 is 0. The average molecular weight is 346 g/mol. The molecule has 1 saturated heterocycles. The monoisotopic (exact) mass is 346 g/mol. The first kappa shape index (κ1) is 19.4. The Balaban J connectivity index is 1.87. The van der Waals surface area contributed by atoms with E-state index in [0.29, 0.717) is 26.2 Å². The quantitative estimate of drug-likeness (QED) is 0.717. The Bertz CT molecular complexity index is 624. The molecular formula is C20H32N3O2+. The highest BCUT2D eigenvalue weighted by Gasteiger charge is 2.22. The number of nitrogens with one attached hydrogen (secondary N) is 3. The van der Waals surface area contributed by atoms with E-state index < -0.39 is 0 Å². The van der Waals surface area contributed by atoms with Crippen molar-refractivity contribution >= 4 is 11.8 Å². The van der Waals surface area contributed by atoms with Crippen LogP contribution in [0.4, 0.5) is 0 Å². The summed E-state index contributed by atoms with van der Waals surface area (Å²) >= 11 is 0. The van der Waals surface area contributed by atoms with E-state index in [1.807, 2.05) is 0 Å². The van der Waals surface area contributed by atoms with Gasteiger partial charge in [-0.15, -0.1) is 0 Å². The lowest BCUT2D eigenvalue weighted by Crippen LogP contribution is -3.16. The van der Waals surface area contributed by atoms with Crippen molar-refractivity contribution < 1.29 is 14.5 Å². The Hall–Kier alpha value is -1.88. The van der Waals surface area contributed by atoms with Crippen LogP contribution in [-0.2, 0) is 21.4 Å². The molecule has 1 aromatic carbocycles. The molecule has 5 heteroatoms. The second-order valence-corrected chi connectivity index (χ2v) is 8.14. The summed E-state index contributed by atoms with van der Waals surface area (Å²) in [6, 6.07) is 4.53. The molecule has 1 unspecified atom stereocenters. The molecule has 3 N–H and O–H groups in total. The van der Waals surface area contributed by atoms with Gasteiger partial charge in [0.1, 0.15) is 0 Å². The van der Waals surface area contributed by atoms with Crippen LogP contribution >= 0.6 is 0 Å². The number of amides is 2. The third-order valence-corrected chi connectivity index (χ3v) is 4.88. The van der Waals surface area contributed by atoms with Gasteiger partial charge in [0.2, 0.25) is 0 Å². The Kier molecular flexibility index (Phi) is 6.22. The van der Waals surface area contributed by atoms with Crippen molar-refractivity contribution in [1.82, 2.24) is 10.6 Å². The number of carbonyl (C=O) groups is 2. The molecule has 0 saturated carbocycles. The van der Waals surface area contributed by atoms with E-state index in [1.165, 1.54) is 22.3 Å². The predicted octanol–water partition coefficient (Wildman–Crippen LogP) is 0.274. The summed E-state index contributed by atoms with van der Waals surface area (Å²) in [5, 5.41) is 5.79. The number of rotatable bonds is 5. The Morgan fingerprint density at radius 1 is 1.24 bits per heavy atom. The van der Waals surface area contributed by atoms with Crippen molar-refractivity contribution in [3.05, 3.63) is 34.4 Å². The molecule has 0 bridgehead atoms. The number of hydrogen-bond acceptors (Lipinski definition) is 2. The zero-order valence-electron chi connectivity index (χ0n) is 16.2. The van der Waals surface area contributed by atoms with Crippen LogP contribution in [0.1, 0.15) is 43.0 Å². The van der Waals surface area contributed by atoms with Gasteiger partial charge in [-0.2, -0.15) is 0 Å². The van der Waals surface area contributed by atoms with E-state index in [4.69, 9.17) is 0 Å². The van der Waals surface area contributed by atoms with E-state index in [9.17, 15) is 9.59 Å². The number of benzene rings is 1. The number of quaternary nitrogens is 1. The van der Waals surface area contributed by atoms with Gasteiger partial charge in [-0.3, -0.25) is 9.59 Å². The van der Waals surface area contributed by atoms with Gasteiger partial charge < -0.3 is 15.5 Å². The van der Waals surface area contributed by atoms with Gasteiger partial charge in [-0.05, 0) is 47.9 Å². The van der Waals surface area contributed by atoms with E-state index in [1.54, 1.807) is 0 Å². The molecule has 1 aliphatic rings. The lowest BCUT2D eigenvalue weighted by Gasteiger charge is -2.23. The molecule has 25 heavy (non-hydrogen) atoms. The van der Waals surface area contributed by atoms with Gasteiger partial charge in [-0.1, -0.05) is 32.9 Å². The zero-order chi connectivity index (χ0) is 18.6. The van der Waals surface area contributed by atoms with Gasteiger partial charge in [-0.25, -0.2) is 0 Å². The Morgan fingerprint density at radius 2 is 1.88 bits per heavy atom. The number of piperazine rings is 1. The third-order valence-electron chi connectivity index (χ3n) is 4.88. The molecule has 0 aromatic heterocycles. The van der Waals surface area contributed by atoms with Gasteiger partial charge in [0, 0.05) is 6.54 Å².